The predicted octanol–water partition coefficient (Wildman–Crippen LogP) is 3.43. The number of ether oxygens (including phenoxy) is 2. The smallest absolute Gasteiger partial charge is 0.373 e. The zero-order valence-electron chi connectivity index (χ0n) is 12.9. The second kappa shape index (κ2) is 7.20. The van der Waals surface area contributed by atoms with E-state index in [4.69, 9.17) is 9.47 Å². The summed E-state index contributed by atoms with van der Waals surface area (Å²) in [7, 11) is 0. The van der Waals surface area contributed by atoms with E-state index in [1.54, 1.807) is 0 Å². The molecule has 1 saturated carbocycles. The second-order valence-electron chi connectivity index (χ2n) is 6.38. The molecule has 3 nitrogen and oxygen atoms in total. The minimum absolute atomic E-state index is 0.00946. The molecule has 1 aliphatic heterocycles. The lowest BCUT2D eigenvalue weighted by molar-refractivity contribution is -0.233. The Morgan fingerprint density at radius 3 is 2.52 bits per heavy atom. The minimum Gasteiger partial charge on any atom is -0.373 e. The van der Waals surface area contributed by atoms with Gasteiger partial charge in [-0.05, 0) is 31.2 Å². The molecule has 2 atom stereocenters. The number of halogens is 3. The van der Waals surface area contributed by atoms with Crippen LogP contribution < -0.4 is 5.32 Å². The number of hydrogen-bond donors (Lipinski definition) is 1. The molecule has 3 rings (SSSR count). The van der Waals surface area contributed by atoms with E-state index in [0.29, 0.717) is 13.0 Å². The molecule has 2 aliphatic rings. The summed E-state index contributed by atoms with van der Waals surface area (Å²) in [6, 6.07) is 10.1. The van der Waals surface area contributed by atoms with Gasteiger partial charge in [-0.15, -0.1) is 0 Å². The van der Waals surface area contributed by atoms with Crippen molar-refractivity contribution in [2.75, 3.05) is 6.61 Å². The Labute approximate surface area is 134 Å². The highest BCUT2D eigenvalue weighted by molar-refractivity contribution is 5.13. The molecule has 23 heavy (non-hydrogen) atoms. The Morgan fingerprint density at radius 2 is 1.83 bits per heavy atom. The van der Waals surface area contributed by atoms with E-state index in [-0.39, 0.29) is 31.2 Å². The first kappa shape index (κ1) is 16.7. The van der Waals surface area contributed by atoms with Crippen molar-refractivity contribution in [1.29, 1.82) is 0 Å². The average molecular weight is 329 g/mol. The average Bonchev–Trinajstić information content (AvgIpc) is 2.50. The third-order valence-electron chi connectivity index (χ3n) is 4.54. The van der Waals surface area contributed by atoms with Crippen molar-refractivity contribution in [1.82, 2.24) is 5.32 Å². The van der Waals surface area contributed by atoms with Crippen LogP contribution in [0.2, 0.25) is 0 Å². The van der Waals surface area contributed by atoms with Gasteiger partial charge in [0.25, 0.3) is 0 Å². The Kier molecular flexibility index (Phi) is 5.24. The van der Waals surface area contributed by atoms with Gasteiger partial charge in [-0.2, -0.15) is 13.2 Å². The van der Waals surface area contributed by atoms with Crippen LogP contribution in [0.4, 0.5) is 13.2 Å². The first-order chi connectivity index (χ1) is 11.0. The van der Waals surface area contributed by atoms with Crippen LogP contribution in [0.25, 0.3) is 0 Å². The number of rotatable bonds is 5. The van der Waals surface area contributed by atoms with E-state index in [1.807, 2.05) is 30.3 Å². The number of benzene rings is 1. The summed E-state index contributed by atoms with van der Waals surface area (Å²) in [5.41, 5.74) is 1.14. The van der Waals surface area contributed by atoms with Gasteiger partial charge in [-0.3, -0.25) is 0 Å². The summed E-state index contributed by atoms with van der Waals surface area (Å²) < 4.78 is 48.7. The Bertz CT molecular complexity index is 488. The Morgan fingerprint density at radius 1 is 1.09 bits per heavy atom. The molecule has 1 aromatic carbocycles. The van der Waals surface area contributed by atoms with Crippen LogP contribution in [0.5, 0.6) is 0 Å². The molecule has 128 valence electrons. The van der Waals surface area contributed by atoms with Crippen LogP contribution >= 0.6 is 0 Å². The summed E-state index contributed by atoms with van der Waals surface area (Å²) >= 11 is 0. The summed E-state index contributed by atoms with van der Waals surface area (Å²) in [6.07, 6.45) is -3.32. The van der Waals surface area contributed by atoms with E-state index in [0.717, 1.165) is 18.4 Å². The quantitative estimate of drug-likeness (QED) is 0.898. The van der Waals surface area contributed by atoms with Crippen molar-refractivity contribution in [3.8, 4) is 0 Å². The van der Waals surface area contributed by atoms with Gasteiger partial charge >= 0.3 is 6.18 Å². The molecular weight excluding hydrogens is 307 g/mol. The molecule has 0 amide bonds. The van der Waals surface area contributed by atoms with Gasteiger partial charge in [0, 0.05) is 18.7 Å². The fourth-order valence-corrected chi connectivity index (χ4v) is 3.14. The molecule has 1 aromatic rings. The van der Waals surface area contributed by atoms with Gasteiger partial charge in [-0.1, -0.05) is 30.3 Å². The monoisotopic (exact) mass is 329 g/mol. The maximum atomic E-state index is 12.7. The second-order valence-corrected chi connectivity index (χ2v) is 6.38. The van der Waals surface area contributed by atoms with Gasteiger partial charge in [0.1, 0.15) is 0 Å². The molecule has 6 heteroatoms. The number of alkyl halides is 3. The van der Waals surface area contributed by atoms with Crippen molar-refractivity contribution in [2.45, 2.75) is 62.8 Å². The minimum atomic E-state index is -4.26. The van der Waals surface area contributed by atoms with E-state index in [1.165, 1.54) is 0 Å². The molecule has 0 aromatic heterocycles. The largest absolute Gasteiger partial charge is 0.414 e. The summed E-state index contributed by atoms with van der Waals surface area (Å²) in [6.45, 7) is 0.758. The van der Waals surface area contributed by atoms with Gasteiger partial charge in [-0.25, -0.2) is 0 Å². The van der Waals surface area contributed by atoms with Crippen LogP contribution in [0.3, 0.4) is 0 Å². The first-order valence-electron chi connectivity index (χ1n) is 8.10. The van der Waals surface area contributed by atoms with Gasteiger partial charge in [0.2, 0.25) is 0 Å². The molecule has 2 fully saturated rings. The number of nitrogens with one attached hydrogen (secondary N) is 1. The van der Waals surface area contributed by atoms with Crippen LogP contribution in [-0.2, 0) is 16.1 Å². The highest BCUT2D eigenvalue weighted by Crippen LogP contribution is 2.31. The summed E-state index contributed by atoms with van der Waals surface area (Å²) in [5, 5.41) is 3.33. The van der Waals surface area contributed by atoms with Crippen molar-refractivity contribution in [3.05, 3.63) is 35.9 Å². The van der Waals surface area contributed by atoms with E-state index < -0.39 is 12.3 Å². The highest BCUT2D eigenvalue weighted by Gasteiger charge is 2.44. The van der Waals surface area contributed by atoms with E-state index in [9.17, 15) is 13.2 Å². The Balaban J connectivity index is 1.35. The van der Waals surface area contributed by atoms with Gasteiger partial charge in [0.15, 0.2) is 6.10 Å². The molecule has 1 heterocycles. The third kappa shape index (κ3) is 4.68. The first-order valence-corrected chi connectivity index (χ1v) is 8.10. The van der Waals surface area contributed by atoms with Crippen LogP contribution in [0.1, 0.15) is 31.2 Å². The molecule has 1 aliphatic carbocycles. The zero-order valence-corrected chi connectivity index (χ0v) is 12.9. The summed E-state index contributed by atoms with van der Waals surface area (Å²) in [5.74, 6) is 0. The van der Waals surface area contributed by atoms with Crippen molar-refractivity contribution in [3.63, 3.8) is 0 Å². The van der Waals surface area contributed by atoms with Crippen molar-refractivity contribution < 1.29 is 22.6 Å². The molecular formula is C17H22F3NO2. The SMILES string of the molecule is FC(F)(F)C1CC(NC2CC(OCc3ccccc3)C2)CCO1. The Hall–Kier alpha value is -1.11. The standard InChI is InChI=1S/C17H22F3NO2/c18-17(19,20)16-10-13(6-7-22-16)21-14-8-15(9-14)23-11-12-4-2-1-3-5-12/h1-5,13-16,21H,6-11H2. The lowest BCUT2D eigenvalue weighted by atomic mass is 9.87. The van der Waals surface area contributed by atoms with Crippen molar-refractivity contribution >= 4 is 0 Å². The molecule has 2 unspecified atom stereocenters. The van der Waals surface area contributed by atoms with Crippen LogP contribution in [0, 0.1) is 0 Å². The normalized spacial score (nSPS) is 31.6. The van der Waals surface area contributed by atoms with Crippen molar-refractivity contribution in [2.24, 2.45) is 0 Å². The molecule has 1 N–H and O–H groups in total. The third-order valence-corrected chi connectivity index (χ3v) is 4.54. The van der Waals surface area contributed by atoms with E-state index >= 15 is 0 Å². The topological polar surface area (TPSA) is 30.5 Å². The summed E-state index contributed by atoms with van der Waals surface area (Å²) in [4.78, 5) is 0. The van der Waals surface area contributed by atoms with E-state index in [2.05, 4.69) is 5.32 Å². The maximum absolute atomic E-state index is 12.7. The van der Waals surface area contributed by atoms with Crippen LogP contribution in [-0.4, -0.2) is 37.1 Å². The predicted molar refractivity (Wildman–Crippen MR) is 80.0 cm³/mol. The molecule has 0 spiro atoms. The lowest BCUT2D eigenvalue weighted by Gasteiger charge is -2.40. The van der Waals surface area contributed by atoms with Gasteiger partial charge < -0.3 is 14.8 Å². The van der Waals surface area contributed by atoms with Gasteiger partial charge in [0.05, 0.1) is 12.7 Å². The fraction of sp³-hybridized carbons (Fsp3) is 0.647. The molecule has 0 bridgehead atoms. The fourth-order valence-electron chi connectivity index (χ4n) is 3.14. The maximum Gasteiger partial charge on any atom is 0.414 e. The van der Waals surface area contributed by atoms with Crippen LogP contribution in [0.15, 0.2) is 30.3 Å². The highest BCUT2D eigenvalue weighted by atomic mass is 19.4. The number of hydrogen-bond acceptors (Lipinski definition) is 3. The molecule has 0 radical (unpaired) electrons. The molecule has 1 saturated heterocycles. The zero-order chi connectivity index (χ0) is 16.3. The lowest BCUT2D eigenvalue weighted by Crippen LogP contribution is -2.53.